The predicted octanol–water partition coefficient (Wildman–Crippen LogP) is 26.8. The third-order valence-electron chi connectivity index (χ3n) is 20.9. The van der Waals surface area contributed by atoms with E-state index in [9.17, 15) is 43.2 Å². The Morgan fingerprint density at radius 3 is 0.670 bits per heavy atom. The zero-order chi connectivity index (χ0) is 77.6. The summed E-state index contributed by atoms with van der Waals surface area (Å²) in [5.41, 5.74) is 0. The van der Waals surface area contributed by atoms with Crippen molar-refractivity contribution < 1.29 is 80.2 Å². The molecule has 0 spiro atoms. The highest BCUT2D eigenvalue weighted by Gasteiger charge is 2.30. The first-order chi connectivity index (χ1) is 51.6. The highest BCUT2D eigenvalue weighted by molar-refractivity contribution is 7.47. The maximum absolute atomic E-state index is 13.2. The molecule has 0 bridgehead atoms. The standard InChI is InChI=1S/C87H170O17P2/c1-6-10-13-16-19-22-25-28-30-32-33-34-36-43-48-53-58-63-68-73-87(92)104-83(77-98-85(90)71-66-61-56-51-46-41-38-37-40-44-49-54-59-64-69-80(5)9-4)79-102-106(95,96)100-75-81(88)74-99-105(93,94)101-78-82(76-97-84(89)70-65-60-55-50-45-39-27-24-21-18-15-12-8-3)103-86(91)72-67-62-57-52-47-42-35-31-29-26-23-20-17-14-11-7-2/h80-83,88H,6-79H2,1-5H3,(H,93,94)(H,95,96)/t80?,81-,82+,83+/m0/s1. The van der Waals surface area contributed by atoms with Crippen LogP contribution in [0.1, 0.15) is 471 Å². The van der Waals surface area contributed by atoms with Crippen molar-refractivity contribution in [3.05, 3.63) is 0 Å². The molecule has 0 rings (SSSR count). The molecule has 3 unspecified atom stereocenters. The highest BCUT2D eigenvalue weighted by atomic mass is 31.2. The van der Waals surface area contributed by atoms with Crippen LogP contribution in [-0.4, -0.2) is 96.7 Å². The second-order valence-corrected chi connectivity index (χ2v) is 34.4. The van der Waals surface area contributed by atoms with Crippen LogP contribution in [0.2, 0.25) is 0 Å². The maximum atomic E-state index is 13.2. The SMILES string of the molecule is CCCCCCCCCCCCCCCCCCCCCC(=O)O[C@H](COC(=O)CCCCCCCCCCCCCCCCC(C)CC)COP(=O)(O)OC[C@@H](O)COP(=O)(O)OC[C@@H](COC(=O)CCCCCCCCCCCCCCC)OC(=O)CCCCCCCCCCCCCCCCCC. The second-order valence-electron chi connectivity index (χ2n) is 31.5. The Kier molecular flexibility index (Phi) is 78.2. The molecular formula is C87H170O17P2. The zero-order valence-corrected chi connectivity index (χ0v) is 71.4. The summed E-state index contributed by atoms with van der Waals surface area (Å²) in [4.78, 5) is 73.3. The molecule has 0 fully saturated rings. The Morgan fingerprint density at radius 2 is 0.453 bits per heavy atom. The minimum atomic E-state index is -4.97. The number of hydrogen-bond acceptors (Lipinski definition) is 15. The predicted molar refractivity (Wildman–Crippen MR) is 437 cm³/mol. The quantitative estimate of drug-likeness (QED) is 0.0222. The van der Waals surface area contributed by atoms with Crippen molar-refractivity contribution in [2.75, 3.05) is 39.6 Å². The molecule has 0 aliphatic carbocycles. The van der Waals surface area contributed by atoms with Crippen LogP contribution in [0.4, 0.5) is 0 Å². The van der Waals surface area contributed by atoms with Gasteiger partial charge in [0.15, 0.2) is 12.2 Å². The molecule has 3 N–H and O–H groups in total. The molecule has 0 radical (unpaired) electrons. The minimum absolute atomic E-state index is 0.109. The molecule has 0 amide bonds. The number of phosphoric acid groups is 2. The molecule has 0 aromatic heterocycles. The zero-order valence-electron chi connectivity index (χ0n) is 69.6. The normalized spacial score (nSPS) is 14.0. The lowest BCUT2D eigenvalue weighted by Crippen LogP contribution is -2.30. The number of phosphoric ester groups is 2. The number of aliphatic hydroxyl groups excluding tert-OH is 1. The number of ether oxygens (including phenoxy) is 4. The summed E-state index contributed by atoms with van der Waals surface area (Å²) in [7, 11) is -9.93. The molecule has 106 heavy (non-hydrogen) atoms. The molecule has 0 heterocycles. The first kappa shape index (κ1) is 104. The van der Waals surface area contributed by atoms with E-state index in [0.717, 1.165) is 95.8 Å². The summed E-state index contributed by atoms with van der Waals surface area (Å²) in [5.74, 6) is -1.25. The van der Waals surface area contributed by atoms with Crippen molar-refractivity contribution >= 4 is 39.5 Å². The Balaban J connectivity index is 5.27. The fourth-order valence-electron chi connectivity index (χ4n) is 13.6. The lowest BCUT2D eigenvalue weighted by molar-refractivity contribution is -0.161. The van der Waals surface area contributed by atoms with Gasteiger partial charge in [-0.15, -0.1) is 0 Å². The van der Waals surface area contributed by atoms with E-state index in [0.29, 0.717) is 25.7 Å². The summed E-state index contributed by atoms with van der Waals surface area (Å²) < 4.78 is 69.0. The first-order valence-electron chi connectivity index (χ1n) is 45.2. The van der Waals surface area contributed by atoms with Gasteiger partial charge in [-0.05, 0) is 31.6 Å². The molecule has 630 valence electrons. The lowest BCUT2D eigenvalue weighted by atomic mass is 9.99. The monoisotopic (exact) mass is 1550 g/mol. The van der Waals surface area contributed by atoms with Crippen LogP contribution in [0.5, 0.6) is 0 Å². The fraction of sp³-hybridized carbons (Fsp3) is 0.954. The van der Waals surface area contributed by atoms with Gasteiger partial charge in [0.1, 0.15) is 19.3 Å². The smallest absolute Gasteiger partial charge is 0.462 e. The van der Waals surface area contributed by atoms with E-state index >= 15 is 0 Å². The summed E-state index contributed by atoms with van der Waals surface area (Å²) >= 11 is 0. The average molecular weight is 1550 g/mol. The topological polar surface area (TPSA) is 237 Å². The Labute approximate surface area is 651 Å². The number of carbonyl (C=O) groups excluding carboxylic acids is 4. The molecule has 0 saturated carbocycles. The average Bonchev–Trinajstić information content (AvgIpc) is 0.901. The first-order valence-corrected chi connectivity index (χ1v) is 48.2. The number of rotatable bonds is 87. The van der Waals surface area contributed by atoms with Gasteiger partial charge in [-0.3, -0.25) is 37.3 Å². The van der Waals surface area contributed by atoms with Gasteiger partial charge < -0.3 is 33.8 Å². The van der Waals surface area contributed by atoms with E-state index in [4.69, 9.17) is 37.0 Å². The lowest BCUT2D eigenvalue weighted by Gasteiger charge is -2.21. The molecule has 0 aliphatic rings. The van der Waals surface area contributed by atoms with E-state index in [1.807, 2.05) is 0 Å². The van der Waals surface area contributed by atoms with E-state index in [1.54, 1.807) is 0 Å². The highest BCUT2D eigenvalue weighted by Crippen LogP contribution is 2.45. The van der Waals surface area contributed by atoms with E-state index in [1.165, 1.54) is 295 Å². The van der Waals surface area contributed by atoms with E-state index in [2.05, 4.69) is 34.6 Å². The van der Waals surface area contributed by atoms with Gasteiger partial charge in [-0.1, -0.05) is 420 Å². The summed E-state index contributed by atoms with van der Waals surface area (Å²) in [6, 6.07) is 0. The molecule has 19 heteroatoms. The van der Waals surface area contributed by atoms with Crippen molar-refractivity contribution in [2.24, 2.45) is 5.92 Å². The summed E-state index contributed by atoms with van der Waals surface area (Å²) in [6.07, 6.45) is 73.4. The molecule has 0 aromatic rings. The molecule has 0 saturated heterocycles. The Morgan fingerprint density at radius 1 is 0.264 bits per heavy atom. The second kappa shape index (κ2) is 79.7. The fourth-order valence-corrected chi connectivity index (χ4v) is 15.2. The van der Waals surface area contributed by atoms with Crippen molar-refractivity contribution in [3.8, 4) is 0 Å². The van der Waals surface area contributed by atoms with Crippen LogP contribution in [0, 0.1) is 5.92 Å². The molecule has 0 aliphatic heterocycles. The van der Waals surface area contributed by atoms with E-state index < -0.39 is 97.5 Å². The molecule has 0 aromatic carbocycles. The largest absolute Gasteiger partial charge is 0.472 e. The van der Waals surface area contributed by atoms with Gasteiger partial charge >= 0.3 is 39.5 Å². The molecule has 6 atom stereocenters. The third kappa shape index (κ3) is 78.7. The number of carbonyl (C=O) groups is 4. The number of unbranched alkanes of at least 4 members (excludes halogenated alkanes) is 58. The summed E-state index contributed by atoms with van der Waals surface area (Å²) in [6.45, 7) is 7.44. The van der Waals surface area contributed by atoms with Gasteiger partial charge in [0, 0.05) is 25.7 Å². The van der Waals surface area contributed by atoms with Gasteiger partial charge in [0.05, 0.1) is 26.4 Å². The van der Waals surface area contributed by atoms with Gasteiger partial charge in [-0.25, -0.2) is 9.13 Å². The molecule has 17 nitrogen and oxygen atoms in total. The van der Waals surface area contributed by atoms with Crippen LogP contribution >= 0.6 is 15.6 Å². The van der Waals surface area contributed by atoms with Crippen LogP contribution in [0.25, 0.3) is 0 Å². The Hall–Kier alpha value is -1.94. The number of esters is 4. The van der Waals surface area contributed by atoms with Crippen LogP contribution in [0.15, 0.2) is 0 Å². The van der Waals surface area contributed by atoms with Crippen molar-refractivity contribution in [3.63, 3.8) is 0 Å². The summed E-state index contributed by atoms with van der Waals surface area (Å²) in [5, 5.41) is 10.7. The van der Waals surface area contributed by atoms with Crippen molar-refractivity contribution in [1.29, 1.82) is 0 Å². The molecular weight excluding hydrogens is 1380 g/mol. The number of hydrogen-bond donors (Lipinski definition) is 3. The van der Waals surface area contributed by atoms with Crippen LogP contribution in [-0.2, 0) is 65.4 Å². The van der Waals surface area contributed by atoms with Gasteiger partial charge in [0.2, 0.25) is 0 Å². The maximum Gasteiger partial charge on any atom is 0.472 e. The Bertz CT molecular complexity index is 2020. The van der Waals surface area contributed by atoms with Crippen molar-refractivity contribution in [2.45, 2.75) is 490 Å². The number of aliphatic hydroxyl groups is 1. The van der Waals surface area contributed by atoms with Crippen LogP contribution < -0.4 is 0 Å². The third-order valence-corrected chi connectivity index (χ3v) is 22.8. The van der Waals surface area contributed by atoms with Crippen LogP contribution in [0.3, 0.4) is 0 Å². The van der Waals surface area contributed by atoms with E-state index in [-0.39, 0.29) is 25.7 Å². The minimum Gasteiger partial charge on any atom is -0.462 e. The van der Waals surface area contributed by atoms with Gasteiger partial charge in [-0.2, -0.15) is 0 Å². The van der Waals surface area contributed by atoms with Gasteiger partial charge in [0.25, 0.3) is 0 Å². The van der Waals surface area contributed by atoms with Crippen molar-refractivity contribution in [1.82, 2.24) is 0 Å².